The van der Waals surface area contributed by atoms with Gasteiger partial charge in [0, 0.05) is 39.3 Å². The summed E-state index contributed by atoms with van der Waals surface area (Å²) in [6.07, 6.45) is 0.451. The van der Waals surface area contributed by atoms with Crippen molar-refractivity contribution >= 4 is 49.0 Å². The van der Waals surface area contributed by atoms with Crippen molar-refractivity contribution in [2.24, 2.45) is 0 Å². The summed E-state index contributed by atoms with van der Waals surface area (Å²) in [5.74, 6) is -0.0510. The predicted molar refractivity (Wildman–Crippen MR) is 116 cm³/mol. The van der Waals surface area contributed by atoms with Gasteiger partial charge in [-0.15, -0.1) is 0 Å². The molecule has 2 fully saturated rings. The van der Waals surface area contributed by atoms with E-state index in [1.54, 1.807) is 14.0 Å². The second kappa shape index (κ2) is 8.91. The van der Waals surface area contributed by atoms with Crippen LogP contribution < -0.4 is 0 Å². The van der Waals surface area contributed by atoms with Crippen LogP contribution in [0.25, 0.3) is 0 Å². The SMILES string of the molecule is C[C@@H](C(=O)N(C)[C@H]1CCS(=O)(=O)C1)N1CCN(S(=O)(=O)c2ccc(Cl)c(Cl)c2)CC1. The van der Waals surface area contributed by atoms with Crippen LogP contribution in [0.3, 0.4) is 0 Å². The molecule has 0 bridgehead atoms. The summed E-state index contributed by atoms with van der Waals surface area (Å²) in [5, 5.41) is 0.458. The monoisotopic (exact) mass is 497 g/mol. The van der Waals surface area contributed by atoms with Gasteiger partial charge in [-0.3, -0.25) is 9.69 Å². The number of carbonyl (C=O) groups excluding carboxylic acids is 1. The molecule has 12 heteroatoms. The lowest BCUT2D eigenvalue weighted by atomic mass is 10.1. The van der Waals surface area contributed by atoms with Gasteiger partial charge in [-0.2, -0.15) is 4.31 Å². The average molecular weight is 498 g/mol. The van der Waals surface area contributed by atoms with Gasteiger partial charge in [-0.25, -0.2) is 16.8 Å². The fraction of sp³-hybridized carbons (Fsp3) is 0.611. The van der Waals surface area contributed by atoms with Crippen molar-refractivity contribution in [2.75, 3.05) is 44.7 Å². The second-order valence-corrected chi connectivity index (χ2v) is 12.7. The van der Waals surface area contributed by atoms with Crippen molar-refractivity contribution in [1.29, 1.82) is 0 Å². The molecule has 0 radical (unpaired) electrons. The van der Waals surface area contributed by atoms with Crippen molar-refractivity contribution in [3.63, 3.8) is 0 Å². The molecular weight excluding hydrogens is 473 g/mol. The summed E-state index contributed by atoms with van der Waals surface area (Å²) in [5.41, 5.74) is 0. The minimum absolute atomic E-state index is 0.00235. The lowest BCUT2D eigenvalue weighted by Crippen LogP contribution is -2.56. The number of halogens is 2. The quantitative estimate of drug-likeness (QED) is 0.608. The molecule has 2 atom stereocenters. The fourth-order valence-electron chi connectivity index (χ4n) is 3.83. The zero-order valence-electron chi connectivity index (χ0n) is 16.8. The molecule has 1 aromatic rings. The molecule has 0 N–H and O–H groups in total. The zero-order valence-corrected chi connectivity index (χ0v) is 19.9. The molecule has 2 aliphatic rings. The van der Waals surface area contributed by atoms with E-state index in [0.29, 0.717) is 19.5 Å². The number of amides is 1. The molecule has 0 unspecified atom stereocenters. The van der Waals surface area contributed by atoms with Crippen LogP contribution in [0.1, 0.15) is 13.3 Å². The van der Waals surface area contributed by atoms with Crippen LogP contribution in [0, 0.1) is 0 Å². The molecule has 0 spiro atoms. The number of sulfonamides is 1. The number of likely N-dealkylation sites (N-methyl/N-ethyl adjacent to an activating group) is 1. The van der Waals surface area contributed by atoms with E-state index in [4.69, 9.17) is 23.2 Å². The maximum absolute atomic E-state index is 12.9. The number of carbonyl (C=O) groups is 1. The molecule has 8 nitrogen and oxygen atoms in total. The Bertz CT molecular complexity index is 1020. The largest absolute Gasteiger partial charge is 0.340 e. The van der Waals surface area contributed by atoms with Gasteiger partial charge < -0.3 is 4.90 Å². The Labute approximate surface area is 187 Å². The van der Waals surface area contributed by atoms with Crippen LogP contribution in [0.15, 0.2) is 23.1 Å². The highest BCUT2D eigenvalue weighted by atomic mass is 35.5. The topological polar surface area (TPSA) is 95.1 Å². The maximum atomic E-state index is 12.9. The van der Waals surface area contributed by atoms with Crippen molar-refractivity contribution in [2.45, 2.75) is 30.3 Å². The highest BCUT2D eigenvalue weighted by Gasteiger charge is 2.37. The Kier molecular flexibility index (Phi) is 7.06. The van der Waals surface area contributed by atoms with E-state index in [1.807, 2.05) is 4.90 Å². The number of hydrogen-bond donors (Lipinski definition) is 0. The van der Waals surface area contributed by atoms with Crippen LogP contribution in [0.4, 0.5) is 0 Å². The first-order chi connectivity index (χ1) is 13.9. The third-order valence-corrected chi connectivity index (χ3v) is 10.2. The van der Waals surface area contributed by atoms with Crippen LogP contribution in [0.2, 0.25) is 10.0 Å². The molecule has 168 valence electrons. The van der Waals surface area contributed by atoms with Crippen LogP contribution >= 0.6 is 23.2 Å². The third-order valence-electron chi connectivity index (χ3n) is 5.81. The molecule has 0 aromatic heterocycles. The number of piperazine rings is 1. The number of rotatable bonds is 5. The zero-order chi connectivity index (χ0) is 22.3. The number of sulfone groups is 1. The van der Waals surface area contributed by atoms with Gasteiger partial charge in [0.05, 0.1) is 32.5 Å². The molecule has 0 saturated carbocycles. The molecule has 2 heterocycles. The molecule has 2 saturated heterocycles. The van der Waals surface area contributed by atoms with Gasteiger partial charge in [-0.05, 0) is 31.5 Å². The Hall–Kier alpha value is -0.910. The van der Waals surface area contributed by atoms with E-state index in [-0.39, 0.29) is 51.5 Å². The van der Waals surface area contributed by atoms with E-state index in [9.17, 15) is 21.6 Å². The Morgan fingerprint density at radius 2 is 1.80 bits per heavy atom. The van der Waals surface area contributed by atoms with Gasteiger partial charge in [0.25, 0.3) is 0 Å². The molecular formula is C18H25Cl2N3O5S2. The summed E-state index contributed by atoms with van der Waals surface area (Å²) in [4.78, 5) is 16.4. The lowest BCUT2D eigenvalue weighted by Gasteiger charge is -2.38. The summed E-state index contributed by atoms with van der Waals surface area (Å²) in [6, 6.07) is 3.44. The van der Waals surface area contributed by atoms with E-state index in [2.05, 4.69) is 0 Å². The fourth-order valence-corrected chi connectivity index (χ4v) is 7.42. The lowest BCUT2D eigenvalue weighted by molar-refractivity contribution is -0.137. The first kappa shape index (κ1) is 23.7. The van der Waals surface area contributed by atoms with Crippen molar-refractivity contribution in [1.82, 2.24) is 14.1 Å². The summed E-state index contributed by atoms with van der Waals surface area (Å²) in [6.45, 7) is 3.03. The van der Waals surface area contributed by atoms with E-state index >= 15 is 0 Å². The highest BCUT2D eigenvalue weighted by molar-refractivity contribution is 7.91. The second-order valence-electron chi connectivity index (χ2n) is 7.70. The minimum Gasteiger partial charge on any atom is -0.340 e. The van der Waals surface area contributed by atoms with Gasteiger partial charge in [0.15, 0.2) is 9.84 Å². The van der Waals surface area contributed by atoms with Crippen LogP contribution in [-0.2, 0) is 24.7 Å². The molecule has 30 heavy (non-hydrogen) atoms. The van der Waals surface area contributed by atoms with Crippen molar-refractivity contribution in [3.05, 3.63) is 28.2 Å². The molecule has 0 aliphatic carbocycles. The summed E-state index contributed by atoms with van der Waals surface area (Å²) >= 11 is 11.8. The summed E-state index contributed by atoms with van der Waals surface area (Å²) < 4.78 is 50.5. The summed E-state index contributed by atoms with van der Waals surface area (Å²) in [7, 11) is -5.16. The van der Waals surface area contributed by atoms with E-state index in [1.165, 1.54) is 27.4 Å². The van der Waals surface area contributed by atoms with Crippen LogP contribution in [-0.4, -0.2) is 93.7 Å². The Balaban J connectivity index is 1.61. The number of nitrogens with zero attached hydrogens (tertiary/aromatic N) is 3. The molecule has 3 rings (SSSR count). The molecule has 1 amide bonds. The van der Waals surface area contributed by atoms with E-state index < -0.39 is 25.9 Å². The minimum atomic E-state index is -3.71. The predicted octanol–water partition coefficient (Wildman–Crippen LogP) is 1.33. The van der Waals surface area contributed by atoms with E-state index in [0.717, 1.165) is 0 Å². The smallest absolute Gasteiger partial charge is 0.243 e. The molecule has 1 aromatic carbocycles. The van der Waals surface area contributed by atoms with Crippen LogP contribution in [0.5, 0.6) is 0 Å². The number of hydrogen-bond acceptors (Lipinski definition) is 6. The number of benzene rings is 1. The Morgan fingerprint density at radius 1 is 1.17 bits per heavy atom. The van der Waals surface area contributed by atoms with Crippen molar-refractivity contribution < 1.29 is 21.6 Å². The van der Waals surface area contributed by atoms with Crippen molar-refractivity contribution in [3.8, 4) is 0 Å². The first-order valence-corrected chi connectivity index (χ1v) is 13.6. The normalized spacial score (nSPS) is 23.9. The average Bonchev–Trinajstić information content (AvgIpc) is 3.08. The highest BCUT2D eigenvalue weighted by Crippen LogP contribution is 2.27. The Morgan fingerprint density at radius 3 is 2.33 bits per heavy atom. The van der Waals surface area contributed by atoms with Gasteiger partial charge >= 0.3 is 0 Å². The van der Waals surface area contributed by atoms with Gasteiger partial charge in [-0.1, -0.05) is 23.2 Å². The maximum Gasteiger partial charge on any atom is 0.243 e. The third kappa shape index (κ3) is 4.94. The van der Waals surface area contributed by atoms with Gasteiger partial charge in [0.1, 0.15) is 0 Å². The van der Waals surface area contributed by atoms with Gasteiger partial charge in [0.2, 0.25) is 15.9 Å². The molecule has 2 aliphatic heterocycles. The first-order valence-electron chi connectivity index (χ1n) is 9.59. The standard InChI is InChI=1S/C18H25Cl2N3O5S2/c1-13(18(24)21(2)14-5-10-29(25,26)12-14)22-6-8-23(9-7-22)30(27,28)15-3-4-16(19)17(20)11-15/h3-4,11,13-14H,5-10,12H2,1-2H3/t13-,14-/m0/s1.